The average Bonchev–Trinajstić information content (AvgIpc) is 3.19. The van der Waals surface area contributed by atoms with E-state index in [4.69, 9.17) is 4.74 Å². The highest BCUT2D eigenvalue weighted by Crippen LogP contribution is 2.11. The SMILES string of the molecule is Cc1cccc(C(=O)N[C@H](C(=O)OCc2ccn(-c3ccccc3)n2)C(C)C)c1. The standard InChI is InChI=1S/C23H25N3O3/c1-16(2)21(24-22(27)18-9-7-8-17(3)14-18)23(28)29-15-19-12-13-26(25-19)20-10-5-4-6-11-20/h4-14,16,21H,15H2,1-3H3,(H,24,27)/t21-/m0/s1. The normalized spacial score (nSPS) is 11.9. The number of ether oxygens (including phenoxy) is 1. The Bertz CT molecular complexity index is 980. The quantitative estimate of drug-likeness (QED) is 0.624. The molecule has 6 heteroatoms. The molecule has 0 unspecified atom stereocenters. The minimum atomic E-state index is -0.737. The van der Waals surface area contributed by atoms with Crippen LogP contribution in [0.15, 0.2) is 66.9 Å². The number of carbonyl (C=O) groups is 2. The highest BCUT2D eigenvalue weighted by molar-refractivity contribution is 5.97. The molecule has 0 spiro atoms. The van der Waals surface area contributed by atoms with Crippen LogP contribution in [-0.4, -0.2) is 27.7 Å². The fourth-order valence-electron chi connectivity index (χ4n) is 2.91. The van der Waals surface area contributed by atoms with Gasteiger partial charge >= 0.3 is 5.97 Å². The van der Waals surface area contributed by atoms with Gasteiger partial charge in [-0.25, -0.2) is 9.48 Å². The third-order valence-electron chi connectivity index (χ3n) is 4.51. The topological polar surface area (TPSA) is 73.2 Å². The summed E-state index contributed by atoms with van der Waals surface area (Å²) < 4.78 is 7.16. The van der Waals surface area contributed by atoms with E-state index in [-0.39, 0.29) is 18.4 Å². The summed E-state index contributed by atoms with van der Waals surface area (Å²) in [4.78, 5) is 25.1. The van der Waals surface area contributed by atoms with Crippen molar-refractivity contribution in [3.8, 4) is 5.69 Å². The summed E-state index contributed by atoms with van der Waals surface area (Å²) in [6, 6.07) is 18.0. The van der Waals surface area contributed by atoms with Gasteiger partial charge in [0.05, 0.1) is 5.69 Å². The fourth-order valence-corrected chi connectivity index (χ4v) is 2.91. The van der Waals surface area contributed by atoms with Crippen molar-refractivity contribution in [2.24, 2.45) is 5.92 Å². The molecule has 0 saturated heterocycles. The number of aromatic nitrogens is 2. The molecule has 0 aliphatic carbocycles. The molecule has 0 saturated carbocycles. The molecule has 1 heterocycles. The predicted molar refractivity (Wildman–Crippen MR) is 111 cm³/mol. The lowest BCUT2D eigenvalue weighted by Crippen LogP contribution is -2.45. The molecule has 29 heavy (non-hydrogen) atoms. The van der Waals surface area contributed by atoms with Crippen molar-refractivity contribution < 1.29 is 14.3 Å². The van der Waals surface area contributed by atoms with Crippen LogP contribution < -0.4 is 5.32 Å². The average molecular weight is 391 g/mol. The first-order valence-electron chi connectivity index (χ1n) is 9.58. The van der Waals surface area contributed by atoms with Crippen LogP contribution in [-0.2, 0) is 16.1 Å². The Morgan fingerprint density at radius 1 is 1.07 bits per heavy atom. The third-order valence-corrected chi connectivity index (χ3v) is 4.51. The van der Waals surface area contributed by atoms with Crippen molar-refractivity contribution in [1.82, 2.24) is 15.1 Å². The van der Waals surface area contributed by atoms with E-state index in [1.807, 2.05) is 69.4 Å². The van der Waals surface area contributed by atoms with Gasteiger partial charge in [0.15, 0.2) is 0 Å². The number of amides is 1. The third kappa shape index (κ3) is 5.31. The van der Waals surface area contributed by atoms with E-state index in [1.54, 1.807) is 22.9 Å². The number of hydrogen-bond donors (Lipinski definition) is 1. The number of para-hydroxylation sites is 1. The molecule has 1 atom stereocenters. The Balaban J connectivity index is 1.61. The monoisotopic (exact) mass is 391 g/mol. The first kappa shape index (κ1) is 20.3. The van der Waals surface area contributed by atoms with E-state index < -0.39 is 12.0 Å². The van der Waals surface area contributed by atoms with Crippen molar-refractivity contribution in [3.05, 3.63) is 83.7 Å². The molecule has 1 aromatic heterocycles. The second kappa shape index (κ2) is 9.19. The van der Waals surface area contributed by atoms with Crippen molar-refractivity contribution in [2.45, 2.75) is 33.4 Å². The number of aryl methyl sites for hydroxylation is 1. The smallest absolute Gasteiger partial charge is 0.329 e. The van der Waals surface area contributed by atoms with Gasteiger partial charge < -0.3 is 10.1 Å². The molecular weight excluding hydrogens is 366 g/mol. The summed E-state index contributed by atoms with van der Waals surface area (Å²) in [6.45, 7) is 5.70. The molecular formula is C23H25N3O3. The lowest BCUT2D eigenvalue weighted by molar-refractivity contribution is -0.148. The molecule has 0 aliphatic rings. The zero-order valence-electron chi connectivity index (χ0n) is 16.8. The Kier molecular flexibility index (Phi) is 6.44. The van der Waals surface area contributed by atoms with Gasteiger partial charge in [-0.15, -0.1) is 0 Å². The van der Waals surface area contributed by atoms with Crippen molar-refractivity contribution in [1.29, 1.82) is 0 Å². The minimum absolute atomic E-state index is 0.0439. The van der Waals surface area contributed by atoms with Gasteiger partial charge in [0, 0.05) is 11.8 Å². The molecule has 1 amide bonds. The largest absolute Gasteiger partial charge is 0.458 e. The summed E-state index contributed by atoms with van der Waals surface area (Å²) in [5.41, 5.74) is 3.06. The van der Waals surface area contributed by atoms with E-state index >= 15 is 0 Å². The van der Waals surface area contributed by atoms with E-state index in [9.17, 15) is 9.59 Å². The van der Waals surface area contributed by atoms with Crippen LogP contribution in [0.1, 0.15) is 35.5 Å². The van der Waals surface area contributed by atoms with Crippen LogP contribution in [0, 0.1) is 12.8 Å². The van der Waals surface area contributed by atoms with E-state index in [2.05, 4.69) is 10.4 Å². The van der Waals surface area contributed by atoms with Crippen LogP contribution in [0.4, 0.5) is 0 Å². The number of esters is 1. The Morgan fingerprint density at radius 3 is 2.52 bits per heavy atom. The molecule has 1 N–H and O–H groups in total. The summed E-state index contributed by atoms with van der Waals surface area (Å²) >= 11 is 0. The maximum Gasteiger partial charge on any atom is 0.329 e. The van der Waals surface area contributed by atoms with Gasteiger partial charge in [-0.2, -0.15) is 5.10 Å². The number of benzene rings is 2. The summed E-state index contributed by atoms with van der Waals surface area (Å²) in [6.07, 6.45) is 1.82. The van der Waals surface area contributed by atoms with Crippen LogP contribution in [0.3, 0.4) is 0 Å². The summed E-state index contributed by atoms with van der Waals surface area (Å²) in [5.74, 6) is -0.883. The molecule has 0 aliphatic heterocycles. The van der Waals surface area contributed by atoms with Crippen LogP contribution in [0.2, 0.25) is 0 Å². The maximum absolute atomic E-state index is 12.6. The first-order chi connectivity index (χ1) is 13.9. The van der Waals surface area contributed by atoms with Gasteiger partial charge in [-0.05, 0) is 43.2 Å². The van der Waals surface area contributed by atoms with Gasteiger partial charge in [0.1, 0.15) is 18.3 Å². The predicted octanol–water partition coefficient (Wildman–Crippen LogP) is 3.68. The number of rotatable bonds is 7. The first-order valence-corrected chi connectivity index (χ1v) is 9.58. The number of hydrogen-bond acceptors (Lipinski definition) is 4. The molecule has 0 fully saturated rings. The van der Waals surface area contributed by atoms with E-state index in [0.29, 0.717) is 11.3 Å². The number of carbonyl (C=O) groups excluding carboxylic acids is 2. The van der Waals surface area contributed by atoms with Gasteiger partial charge in [0.2, 0.25) is 0 Å². The fraction of sp³-hybridized carbons (Fsp3) is 0.261. The molecule has 150 valence electrons. The molecule has 0 bridgehead atoms. The van der Waals surface area contributed by atoms with Crippen LogP contribution in [0.5, 0.6) is 0 Å². The van der Waals surface area contributed by atoms with Crippen molar-refractivity contribution in [3.63, 3.8) is 0 Å². The summed E-state index contributed by atoms with van der Waals surface area (Å²) in [7, 11) is 0. The van der Waals surface area contributed by atoms with Crippen molar-refractivity contribution >= 4 is 11.9 Å². The molecule has 6 nitrogen and oxygen atoms in total. The van der Waals surface area contributed by atoms with E-state index in [0.717, 1.165) is 11.3 Å². The van der Waals surface area contributed by atoms with Crippen molar-refractivity contribution in [2.75, 3.05) is 0 Å². The highest BCUT2D eigenvalue weighted by atomic mass is 16.5. The maximum atomic E-state index is 12.6. The zero-order chi connectivity index (χ0) is 20.8. The second-order valence-electron chi connectivity index (χ2n) is 7.26. The molecule has 3 aromatic rings. The Labute approximate surface area is 170 Å². The zero-order valence-corrected chi connectivity index (χ0v) is 16.8. The molecule has 0 radical (unpaired) electrons. The van der Waals surface area contributed by atoms with Gasteiger partial charge in [0.25, 0.3) is 5.91 Å². The second-order valence-corrected chi connectivity index (χ2v) is 7.26. The van der Waals surface area contributed by atoms with Gasteiger partial charge in [-0.3, -0.25) is 4.79 Å². The number of nitrogens with one attached hydrogen (secondary N) is 1. The Morgan fingerprint density at radius 2 is 1.83 bits per heavy atom. The van der Waals surface area contributed by atoms with E-state index in [1.165, 1.54) is 0 Å². The molecule has 3 rings (SSSR count). The highest BCUT2D eigenvalue weighted by Gasteiger charge is 2.26. The summed E-state index contributed by atoms with van der Waals surface area (Å²) in [5, 5.41) is 7.21. The van der Waals surface area contributed by atoms with Crippen LogP contribution in [0.25, 0.3) is 5.69 Å². The number of nitrogens with zero attached hydrogens (tertiary/aromatic N) is 2. The van der Waals surface area contributed by atoms with Gasteiger partial charge in [-0.1, -0.05) is 49.7 Å². The Hall–Kier alpha value is -3.41. The lowest BCUT2D eigenvalue weighted by atomic mass is 10.0. The lowest BCUT2D eigenvalue weighted by Gasteiger charge is -2.20. The minimum Gasteiger partial charge on any atom is -0.458 e. The van der Waals surface area contributed by atoms with Crippen LogP contribution >= 0.6 is 0 Å². The molecule has 2 aromatic carbocycles.